The number of halogens is 1. The molecule has 1 amide bonds. The standard InChI is InChI=1S/C17H12ClN3O4S/c1-9-11-4-2-3-5-14(11)25-15(9)16(22)20-17(26)19-13-7-6-10(21(23)24)8-12(13)18/h2-8H,1H3,(H2,19,20,22,26). The molecule has 0 fully saturated rings. The van der Waals surface area contributed by atoms with Gasteiger partial charge in [-0.2, -0.15) is 0 Å². The number of non-ortho nitro benzene ring substituents is 1. The summed E-state index contributed by atoms with van der Waals surface area (Å²) in [6, 6.07) is 11.2. The number of amides is 1. The number of nitrogens with one attached hydrogen (secondary N) is 2. The second kappa shape index (κ2) is 7.11. The van der Waals surface area contributed by atoms with Crippen LogP contribution >= 0.6 is 23.8 Å². The highest BCUT2D eigenvalue weighted by molar-refractivity contribution is 7.80. The molecule has 0 atom stereocenters. The zero-order chi connectivity index (χ0) is 18.8. The topological polar surface area (TPSA) is 97.4 Å². The van der Waals surface area contributed by atoms with Crippen LogP contribution in [0.4, 0.5) is 11.4 Å². The number of para-hydroxylation sites is 1. The van der Waals surface area contributed by atoms with Crippen molar-refractivity contribution in [1.82, 2.24) is 5.32 Å². The highest BCUT2D eigenvalue weighted by atomic mass is 35.5. The fourth-order valence-corrected chi connectivity index (χ4v) is 2.85. The Morgan fingerprint density at radius 3 is 2.65 bits per heavy atom. The van der Waals surface area contributed by atoms with Crippen molar-refractivity contribution in [3.63, 3.8) is 0 Å². The Morgan fingerprint density at radius 2 is 2.00 bits per heavy atom. The molecule has 132 valence electrons. The number of benzene rings is 2. The monoisotopic (exact) mass is 389 g/mol. The van der Waals surface area contributed by atoms with Crippen LogP contribution in [0.15, 0.2) is 46.9 Å². The summed E-state index contributed by atoms with van der Waals surface area (Å²) >= 11 is 11.1. The highest BCUT2D eigenvalue weighted by Gasteiger charge is 2.19. The number of carbonyl (C=O) groups is 1. The van der Waals surface area contributed by atoms with Crippen molar-refractivity contribution < 1.29 is 14.1 Å². The molecule has 26 heavy (non-hydrogen) atoms. The zero-order valence-corrected chi connectivity index (χ0v) is 15.0. The molecule has 0 aliphatic carbocycles. The largest absolute Gasteiger partial charge is 0.451 e. The molecule has 0 saturated heterocycles. The van der Waals surface area contributed by atoms with Crippen LogP contribution in [0, 0.1) is 17.0 Å². The quantitative estimate of drug-likeness (QED) is 0.390. The number of nitro benzene ring substituents is 1. The Balaban J connectivity index is 1.74. The Hall–Kier alpha value is -2.97. The molecule has 2 N–H and O–H groups in total. The van der Waals surface area contributed by atoms with Gasteiger partial charge >= 0.3 is 0 Å². The normalized spacial score (nSPS) is 10.5. The molecule has 3 aromatic rings. The van der Waals surface area contributed by atoms with Gasteiger partial charge in [-0.05, 0) is 31.3 Å². The average molecular weight is 390 g/mol. The number of fused-ring (bicyclic) bond motifs is 1. The number of anilines is 1. The van der Waals surface area contributed by atoms with Gasteiger partial charge in [0.15, 0.2) is 10.9 Å². The maximum Gasteiger partial charge on any atom is 0.293 e. The number of hydrogen-bond acceptors (Lipinski definition) is 5. The van der Waals surface area contributed by atoms with E-state index in [2.05, 4.69) is 10.6 Å². The highest BCUT2D eigenvalue weighted by Crippen LogP contribution is 2.27. The van der Waals surface area contributed by atoms with Crippen molar-refractivity contribution in [2.75, 3.05) is 5.32 Å². The van der Waals surface area contributed by atoms with E-state index < -0.39 is 10.8 Å². The summed E-state index contributed by atoms with van der Waals surface area (Å²) in [6.07, 6.45) is 0. The van der Waals surface area contributed by atoms with E-state index in [1.165, 1.54) is 18.2 Å². The van der Waals surface area contributed by atoms with Gasteiger partial charge in [-0.1, -0.05) is 29.8 Å². The minimum absolute atomic E-state index is 0.00870. The van der Waals surface area contributed by atoms with Gasteiger partial charge in [0, 0.05) is 23.1 Å². The predicted molar refractivity (Wildman–Crippen MR) is 103 cm³/mol. The first-order valence-electron chi connectivity index (χ1n) is 7.41. The summed E-state index contributed by atoms with van der Waals surface area (Å²) in [4.78, 5) is 22.6. The average Bonchev–Trinajstić information content (AvgIpc) is 2.94. The second-order valence-corrected chi connectivity index (χ2v) is 6.20. The summed E-state index contributed by atoms with van der Waals surface area (Å²) in [5, 5.41) is 16.9. The smallest absolute Gasteiger partial charge is 0.293 e. The number of thiocarbonyl (C=S) groups is 1. The first-order valence-corrected chi connectivity index (χ1v) is 8.20. The van der Waals surface area contributed by atoms with E-state index in [0.717, 1.165) is 5.39 Å². The second-order valence-electron chi connectivity index (χ2n) is 5.38. The summed E-state index contributed by atoms with van der Waals surface area (Å²) in [7, 11) is 0. The lowest BCUT2D eigenvalue weighted by Gasteiger charge is -2.10. The number of aryl methyl sites for hydroxylation is 1. The Kier molecular flexibility index (Phi) is 4.88. The van der Waals surface area contributed by atoms with E-state index in [-0.39, 0.29) is 21.6 Å². The van der Waals surface area contributed by atoms with Crippen LogP contribution in [-0.4, -0.2) is 15.9 Å². The van der Waals surface area contributed by atoms with Crippen LogP contribution in [0.5, 0.6) is 0 Å². The third-order valence-electron chi connectivity index (χ3n) is 3.69. The van der Waals surface area contributed by atoms with Crippen LogP contribution in [0.25, 0.3) is 11.0 Å². The molecule has 0 spiro atoms. The van der Waals surface area contributed by atoms with Gasteiger partial charge in [0.25, 0.3) is 11.6 Å². The molecule has 1 aromatic heterocycles. The van der Waals surface area contributed by atoms with Gasteiger partial charge in [-0.3, -0.25) is 20.2 Å². The van der Waals surface area contributed by atoms with Crippen LogP contribution < -0.4 is 10.6 Å². The van der Waals surface area contributed by atoms with Crippen LogP contribution in [0.1, 0.15) is 16.1 Å². The molecular formula is C17H12ClN3O4S. The van der Waals surface area contributed by atoms with Gasteiger partial charge in [-0.15, -0.1) is 0 Å². The lowest BCUT2D eigenvalue weighted by molar-refractivity contribution is -0.384. The van der Waals surface area contributed by atoms with Gasteiger partial charge in [0.1, 0.15) is 5.58 Å². The van der Waals surface area contributed by atoms with E-state index in [1.807, 2.05) is 18.2 Å². The van der Waals surface area contributed by atoms with Gasteiger partial charge in [0.05, 0.1) is 15.6 Å². The first kappa shape index (κ1) is 17.8. The summed E-state index contributed by atoms with van der Waals surface area (Å²) in [5.74, 6) is -0.348. The first-order chi connectivity index (χ1) is 12.4. The molecule has 0 saturated carbocycles. The van der Waals surface area contributed by atoms with Crippen molar-refractivity contribution in [2.45, 2.75) is 6.92 Å². The minimum Gasteiger partial charge on any atom is -0.451 e. The molecule has 0 radical (unpaired) electrons. The van der Waals surface area contributed by atoms with Crippen molar-refractivity contribution in [2.24, 2.45) is 0 Å². The third kappa shape index (κ3) is 3.51. The fourth-order valence-electron chi connectivity index (χ4n) is 2.42. The molecule has 0 bridgehead atoms. The Morgan fingerprint density at radius 1 is 1.27 bits per heavy atom. The zero-order valence-electron chi connectivity index (χ0n) is 13.4. The Labute approximate surface area is 158 Å². The Bertz CT molecular complexity index is 1050. The molecular weight excluding hydrogens is 378 g/mol. The van der Waals surface area contributed by atoms with Gasteiger partial charge < -0.3 is 9.73 Å². The lowest BCUT2D eigenvalue weighted by Crippen LogP contribution is -2.34. The summed E-state index contributed by atoms with van der Waals surface area (Å²) < 4.78 is 5.58. The molecule has 2 aromatic carbocycles. The van der Waals surface area contributed by atoms with E-state index in [9.17, 15) is 14.9 Å². The van der Waals surface area contributed by atoms with Crippen molar-refractivity contribution in [3.8, 4) is 0 Å². The maximum absolute atomic E-state index is 12.4. The predicted octanol–water partition coefficient (Wildman–Crippen LogP) is 4.43. The molecule has 1 heterocycles. The fraction of sp³-hybridized carbons (Fsp3) is 0.0588. The lowest BCUT2D eigenvalue weighted by atomic mass is 10.1. The molecule has 3 rings (SSSR count). The van der Waals surface area contributed by atoms with Gasteiger partial charge in [-0.25, -0.2) is 0 Å². The van der Waals surface area contributed by atoms with E-state index >= 15 is 0 Å². The number of nitrogens with zero attached hydrogens (tertiary/aromatic N) is 1. The maximum atomic E-state index is 12.4. The number of hydrogen-bond donors (Lipinski definition) is 2. The van der Waals surface area contributed by atoms with Gasteiger partial charge in [0.2, 0.25) is 0 Å². The number of furan rings is 1. The van der Waals surface area contributed by atoms with Crippen molar-refractivity contribution in [3.05, 3.63) is 68.9 Å². The van der Waals surface area contributed by atoms with E-state index in [0.29, 0.717) is 16.8 Å². The van der Waals surface area contributed by atoms with Crippen LogP contribution in [0.2, 0.25) is 5.02 Å². The minimum atomic E-state index is -0.555. The number of carbonyl (C=O) groups excluding carboxylic acids is 1. The SMILES string of the molecule is Cc1c(C(=O)NC(=S)Nc2ccc([N+](=O)[O-])cc2Cl)oc2ccccc12. The van der Waals surface area contributed by atoms with Crippen LogP contribution in [-0.2, 0) is 0 Å². The summed E-state index contributed by atoms with van der Waals surface area (Å²) in [6.45, 7) is 1.78. The van der Waals surface area contributed by atoms with Crippen LogP contribution in [0.3, 0.4) is 0 Å². The third-order valence-corrected chi connectivity index (χ3v) is 4.21. The molecule has 0 unspecified atom stereocenters. The van der Waals surface area contributed by atoms with Crippen molar-refractivity contribution >= 4 is 57.2 Å². The molecule has 0 aliphatic heterocycles. The van der Waals surface area contributed by atoms with E-state index in [1.54, 1.807) is 13.0 Å². The molecule has 9 heteroatoms. The number of nitro groups is 1. The summed E-state index contributed by atoms with van der Waals surface area (Å²) in [5.41, 5.74) is 1.50. The number of rotatable bonds is 3. The molecule has 7 nitrogen and oxygen atoms in total. The van der Waals surface area contributed by atoms with Crippen molar-refractivity contribution in [1.29, 1.82) is 0 Å². The van der Waals surface area contributed by atoms with E-state index in [4.69, 9.17) is 28.2 Å². The molecule has 0 aliphatic rings.